The molecule has 1 aromatic carbocycles. The number of hydrogen-bond donors (Lipinski definition) is 0. The van der Waals surface area contributed by atoms with Crippen molar-refractivity contribution in [3.05, 3.63) is 29.3 Å². The first-order valence-electron chi connectivity index (χ1n) is 6.72. The lowest BCUT2D eigenvalue weighted by atomic mass is 10.2. The predicted octanol–water partition coefficient (Wildman–Crippen LogP) is 2.22. The number of halogens is 1. The minimum atomic E-state index is -3.26. The van der Waals surface area contributed by atoms with Gasteiger partial charge >= 0.3 is 0 Å². The highest BCUT2D eigenvalue weighted by Crippen LogP contribution is 2.17. The summed E-state index contributed by atoms with van der Waals surface area (Å²) in [5, 5.41) is 0.541. The molecule has 4 nitrogen and oxygen atoms in total. The first kappa shape index (κ1) is 15.8. The zero-order valence-corrected chi connectivity index (χ0v) is 13.3. The quantitative estimate of drug-likeness (QED) is 0.854. The van der Waals surface area contributed by atoms with E-state index in [0.717, 1.165) is 6.54 Å². The first-order valence-corrected chi connectivity index (χ1v) is 8.75. The highest BCUT2D eigenvalue weighted by atomic mass is 35.5. The SMILES string of the molecule is C[C@@H]1CN(CCS(=O)(=O)c2ccc(Cl)cc2)[C@@H](C)CO1. The highest BCUT2D eigenvalue weighted by Gasteiger charge is 2.25. The van der Waals surface area contributed by atoms with Crippen LogP contribution in [0, 0.1) is 0 Å². The zero-order chi connectivity index (χ0) is 14.8. The molecule has 6 heteroatoms. The molecule has 2 atom stereocenters. The molecule has 2 rings (SSSR count). The van der Waals surface area contributed by atoms with E-state index in [-0.39, 0.29) is 17.9 Å². The van der Waals surface area contributed by atoms with Crippen LogP contribution in [0.4, 0.5) is 0 Å². The van der Waals surface area contributed by atoms with Crippen LogP contribution in [-0.2, 0) is 14.6 Å². The molecule has 1 aliphatic rings. The molecule has 20 heavy (non-hydrogen) atoms. The van der Waals surface area contributed by atoms with Crippen LogP contribution in [0.3, 0.4) is 0 Å². The molecule has 0 unspecified atom stereocenters. The molecule has 0 radical (unpaired) electrons. The van der Waals surface area contributed by atoms with Crippen molar-refractivity contribution in [1.29, 1.82) is 0 Å². The van der Waals surface area contributed by atoms with E-state index in [1.165, 1.54) is 0 Å². The van der Waals surface area contributed by atoms with Crippen molar-refractivity contribution in [1.82, 2.24) is 4.90 Å². The van der Waals surface area contributed by atoms with Gasteiger partial charge in [0.1, 0.15) is 0 Å². The van der Waals surface area contributed by atoms with Gasteiger partial charge in [-0.25, -0.2) is 8.42 Å². The molecule has 1 saturated heterocycles. The van der Waals surface area contributed by atoms with E-state index in [2.05, 4.69) is 11.8 Å². The molecule has 0 N–H and O–H groups in total. The van der Waals surface area contributed by atoms with Gasteiger partial charge in [0.05, 0.1) is 23.4 Å². The van der Waals surface area contributed by atoms with Crippen molar-refractivity contribution in [3.63, 3.8) is 0 Å². The van der Waals surface area contributed by atoms with E-state index in [1.807, 2.05) is 6.92 Å². The summed E-state index contributed by atoms with van der Waals surface area (Å²) in [5.74, 6) is 0.117. The van der Waals surface area contributed by atoms with Gasteiger partial charge in [-0.3, -0.25) is 4.90 Å². The van der Waals surface area contributed by atoms with Crippen molar-refractivity contribution in [2.45, 2.75) is 30.9 Å². The second-order valence-corrected chi connectivity index (χ2v) is 7.81. The molecule has 0 saturated carbocycles. The minimum absolute atomic E-state index is 0.117. The van der Waals surface area contributed by atoms with Crippen molar-refractivity contribution in [2.24, 2.45) is 0 Å². The molecular formula is C14H20ClNO3S. The average molecular weight is 318 g/mol. The lowest BCUT2D eigenvalue weighted by molar-refractivity contribution is -0.0469. The van der Waals surface area contributed by atoms with Crippen LogP contribution in [0.5, 0.6) is 0 Å². The van der Waals surface area contributed by atoms with E-state index >= 15 is 0 Å². The number of sulfone groups is 1. The lowest BCUT2D eigenvalue weighted by Crippen LogP contribution is -2.48. The number of hydrogen-bond acceptors (Lipinski definition) is 4. The fourth-order valence-corrected chi connectivity index (χ4v) is 3.67. The van der Waals surface area contributed by atoms with Gasteiger partial charge in [-0.2, -0.15) is 0 Å². The molecule has 0 aliphatic carbocycles. The molecular weight excluding hydrogens is 298 g/mol. The molecule has 0 spiro atoms. The zero-order valence-electron chi connectivity index (χ0n) is 11.8. The average Bonchev–Trinajstić information content (AvgIpc) is 2.40. The number of rotatable bonds is 4. The van der Waals surface area contributed by atoms with E-state index in [1.54, 1.807) is 24.3 Å². The molecule has 1 heterocycles. The second kappa shape index (κ2) is 6.43. The summed E-state index contributed by atoms with van der Waals surface area (Å²) >= 11 is 5.78. The van der Waals surface area contributed by atoms with Crippen molar-refractivity contribution in [3.8, 4) is 0 Å². The monoisotopic (exact) mass is 317 g/mol. The Morgan fingerprint density at radius 1 is 1.30 bits per heavy atom. The molecule has 0 aromatic heterocycles. The van der Waals surface area contributed by atoms with Crippen LogP contribution >= 0.6 is 11.6 Å². The Morgan fingerprint density at radius 3 is 2.60 bits per heavy atom. The van der Waals surface area contributed by atoms with Crippen LogP contribution in [0.25, 0.3) is 0 Å². The number of ether oxygens (including phenoxy) is 1. The van der Waals surface area contributed by atoms with Gasteiger partial charge in [-0.05, 0) is 38.1 Å². The summed E-state index contributed by atoms with van der Waals surface area (Å²) < 4.78 is 30.1. The summed E-state index contributed by atoms with van der Waals surface area (Å²) in [6, 6.07) is 6.58. The number of morpholine rings is 1. The second-order valence-electron chi connectivity index (χ2n) is 5.26. The fraction of sp³-hybridized carbons (Fsp3) is 0.571. The van der Waals surface area contributed by atoms with Gasteiger partial charge in [0.2, 0.25) is 0 Å². The topological polar surface area (TPSA) is 46.6 Å². The lowest BCUT2D eigenvalue weighted by Gasteiger charge is -2.36. The van der Waals surface area contributed by atoms with Crippen LogP contribution < -0.4 is 0 Å². The van der Waals surface area contributed by atoms with E-state index in [9.17, 15) is 8.42 Å². The van der Waals surface area contributed by atoms with Gasteiger partial charge in [-0.1, -0.05) is 11.6 Å². The fourth-order valence-electron chi connectivity index (χ4n) is 2.28. The van der Waals surface area contributed by atoms with Crippen molar-refractivity contribution < 1.29 is 13.2 Å². The third kappa shape index (κ3) is 3.95. The molecule has 0 amide bonds. The van der Waals surface area contributed by atoms with E-state index in [0.29, 0.717) is 23.1 Å². The molecule has 1 aliphatic heterocycles. The summed E-state index contributed by atoms with van der Waals surface area (Å²) in [5.41, 5.74) is 0. The smallest absolute Gasteiger partial charge is 0.179 e. The molecule has 0 bridgehead atoms. The number of nitrogens with zero attached hydrogens (tertiary/aromatic N) is 1. The summed E-state index contributed by atoms with van der Waals surface area (Å²) in [6.45, 7) is 6.02. The van der Waals surface area contributed by atoms with E-state index in [4.69, 9.17) is 16.3 Å². The maximum Gasteiger partial charge on any atom is 0.179 e. The predicted molar refractivity (Wildman–Crippen MR) is 80.0 cm³/mol. The van der Waals surface area contributed by atoms with E-state index < -0.39 is 9.84 Å². The van der Waals surface area contributed by atoms with Crippen LogP contribution in [0.2, 0.25) is 5.02 Å². The van der Waals surface area contributed by atoms with Gasteiger partial charge in [-0.15, -0.1) is 0 Å². The third-order valence-electron chi connectivity index (χ3n) is 3.56. The van der Waals surface area contributed by atoms with Gasteiger partial charge in [0.15, 0.2) is 9.84 Å². The Bertz CT molecular complexity index is 544. The summed E-state index contributed by atoms with van der Waals surface area (Å²) in [7, 11) is -3.26. The van der Waals surface area contributed by atoms with Crippen LogP contribution in [0.1, 0.15) is 13.8 Å². The highest BCUT2D eigenvalue weighted by molar-refractivity contribution is 7.91. The molecule has 1 aromatic rings. The number of benzene rings is 1. The Morgan fingerprint density at radius 2 is 1.95 bits per heavy atom. The first-order chi connectivity index (χ1) is 9.38. The van der Waals surface area contributed by atoms with Gasteiger partial charge < -0.3 is 4.74 Å². The summed E-state index contributed by atoms with van der Waals surface area (Å²) in [6.07, 6.45) is 0.157. The van der Waals surface area contributed by atoms with Crippen LogP contribution in [-0.4, -0.2) is 50.9 Å². The third-order valence-corrected chi connectivity index (χ3v) is 5.52. The minimum Gasteiger partial charge on any atom is -0.376 e. The van der Waals surface area contributed by atoms with Gasteiger partial charge in [0, 0.05) is 24.2 Å². The Hall–Kier alpha value is -0.620. The van der Waals surface area contributed by atoms with Crippen molar-refractivity contribution in [2.75, 3.05) is 25.4 Å². The Balaban J connectivity index is 2.00. The standard InChI is InChI=1S/C14H20ClNO3S/c1-11-10-19-12(2)9-16(11)7-8-20(17,18)14-5-3-13(15)4-6-14/h3-6,11-12H,7-10H2,1-2H3/t11-,12+/m0/s1. The largest absolute Gasteiger partial charge is 0.376 e. The maximum absolute atomic E-state index is 12.3. The van der Waals surface area contributed by atoms with Crippen LogP contribution in [0.15, 0.2) is 29.2 Å². The normalized spacial score (nSPS) is 24.8. The summed E-state index contributed by atoms with van der Waals surface area (Å²) in [4.78, 5) is 2.50. The Labute approximate surface area is 125 Å². The maximum atomic E-state index is 12.3. The molecule has 112 valence electrons. The molecule has 1 fully saturated rings. The Kier molecular flexibility index (Phi) is 5.07. The van der Waals surface area contributed by atoms with Crippen molar-refractivity contribution >= 4 is 21.4 Å². The van der Waals surface area contributed by atoms with Gasteiger partial charge in [0.25, 0.3) is 0 Å².